The molecular weight excluding hydrogens is 626 g/mol. The first-order chi connectivity index (χ1) is 18.3. The van der Waals surface area contributed by atoms with Crippen molar-refractivity contribution in [1.82, 2.24) is 0 Å². The third kappa shape index (κ3) is 7.20. The number of hydrogen-bond acceptors (Lipinski definition) is 7. The molecular formula is C27H23Br2NO8. The number of carbonyl (C=O) groups excluding carboxylic acids is 1. The van der Waals surface area contributed by atoms with Crippen LogP contribution in [0, 0.1) is 0 Å². The number of phenolic OH excluding ortho intramolecular Hbond substituents is 1. The predicted octanol–water partition coefficient (Wildman–Crippen LogP) is 6.80. The SMILES string of the molecule is O=C(O)/C=C/CC[C@@H](Oc1ccccc1)[C@H](OC(=O)Nc1ccc2c(c1)OCO2)c1cc(Br)cc(Br)c1O. The molecule has 3 aromatic rings. The molecule has 0 fully saturated rings. The van der Waals surface area contributed by atoms with E-state index in [-0.39, 0.29) is 24.5 Å². The van der Waals surface area contributed by atoms with Crippen molar-refractivity contribution in [2.24, 2.45) is 0 Å². The lowest BCUT2D eigenvalue weighted by Crippen LogP contribution is -2.31. The molecule has 0 spiro atoms. The normalized spacial score (nSPS) is 13.6. The standard InChI is InChI=1S/C27H23Br2NO8/c28-16-12-19(25(33)20(29)13-16)26(38-27(34)30-17-10-11-21-23(14-17)36-15-35-21)22(8-4-5-9-24(31)32)37-18-6-2-1-3-7-18/h1-3,5-7,9-14,22,26,33H,4,8,15H2,(H,30,34)(H,31,32)/b9-5+/t22-,26-/m1/s1. The number of aromatic hydroxyl groups is 1. The van der Waals surface area contributed by atoms with E-state index in [4.69, 9.17) is 24.1 Å². The average molecular weight is 649 g/mol. The molecule has 4 rings (SSSR count). The van der Waals surface area contributed by atoms with Crippen LogP contribution in [0.4, 0.5) is 10.5 Å². The first kappa shape index (κ1) is 27.3. The summed E-state index contributed by atoms with van der Waals surface area (Å²) in [5, 5.41) is 22.5. The van der Waals surface area contributed by atoms with Gasteiger partial charge in [0, 0.05) is 27.9 Å². The highest BCUT2D eigenvalue weighted by molar-refractivity contribution is 9.11. The number of nitrogens with one attached hydrogen (secondary N) is 1. The maximum atomic E-state index is 13.1. The Morgan fingerprint density at radius 2 is 1.82 bits per heavy atom. The molecule has 0 radical (unpaired) electrons. The van der Waals surface area contributed by atoms with Crippen LogP contribution >= 0.6 is 31.9 Å². The molecule has 1 aliphatic heterocycles. The van der Waals surface area contributed by atoms with Crippen molar-refractivity contribution in [1.29, 1.82) is 0 Å². The van der Waals surface area contributed by atoms with Gasteiger partial charge in [-0.3, -0.25) is 5.32 Å². The second-order valence-corrected chi connectivity index (χ2v) is 9.90. The van der Waals surface area contributed by atoms with Gasteiger partial charge < -0.3 is 29.2 Å². The van der Waals surface area contributed by atoms with Gasteiger partial charge in [-0.05, 0) is 65.2 Å². The Labute approximate surface area is 235 Å². The third-order valence-corrected chi connectivity index (χ3v) is 6.53. The van der Waals surface area contributed by atoms with E-state index in [1.54, 1.807) is 54.6 Å². The zero-order valence-electron chi connectivity index (χ0n) is 19.8. The Morgan fingerprint density at radius 3 is 2.58 bits per heavy atom. The number of ether oxygens (including phenoxy) is 4. The number of para-hydroxylation sites is 1. The molecule has 38 heavy (non-hydrogen) atoms. The average Bonchev–Trinajstić information content (AvgIpc) is 3.35. The molecule has 1 aliphatic rings. The van der Waals surface area contributed by atoms with Crippen molar-refractivity contribution < 1.29 is 38.7 Å². The lowest BCUT2D eigenvalue weighted by atomic mass is 9.99. The maximum Gasteiger partial charge on any atom is 0.412 e. The number of hydrogen-bond donors (Lipinski definition) is 3. The quantitative estimate of drug-likeness (QED) is 0.205. The van der Waals surface area contributed by atoms with Crippen LogP contribution in [0.1, 0.15) is 24.5 Å². The van der Waals surface area contributed by atoms with Gasteiger partial charge in [0.1, 0.15) is 17.6 Å². The summed E-state index contributed by atoms with van der Waals surface area (Å²) in [7, 11) is 0. The van der Waals surface area contributed by atoms with Gasteiger partial charge in [-0.1, -0.05) is 40.2 Å². The van der Waals surface area contributed by atoms with Crippen LogP contribution in [0.25, 0.3) is 0 Å². The molecule has 3 N–H and O–H groups in total. The lowest BCUT2D eigenvalue weighted by Gasteiger charge is -2.29. The first-order valence-corrected chi connectivity index (χ1v) is 13.0. The van der Waals surface area contributed by atoms with Crippen LogP contribution in [0.15, 0.2) is 81.8 Å². The number of rotatable bonds is 10. The van der Waals surface area contributed by atoms with Gasteiger partial charge in [0.2, 0.25) is 6.79 Å². The first-order valence-electron chi connectivity index (χ1n) is 11.5. The summed E-state index contributed by atoms with van der Waals surface area (Å²) in [6.07, 6.45) is 0.418. The Hall–Kier alpha value is -3.70. The van der Waals surface area contributed by atoms with E-state index in [0.29, 0.717) is 38.3 Å². The molecule has 0 aliphatic carbocycles. The van der Waals surface area contributed by atoms with Crippen molar-refractivity contribution in [2.75, 3.05) is 12.1 Å². The highest BCUT2D eigenvalue weighted by atomic mass is 79.9. The molecule has 3 aromatic carbocycles. The van der Waals surface area contributed by atoms with Gasteiger partial charge in [-0.2, -0.15) is 0 Å². The largest absolute Gasteiger partial charge is 0.506 e. The lowest BCUT2D eigenvalue weighted by molar-refractivity contribution is -0.131. The Bertz CT molecular complexity index is 1330. The number of carbonyl (C=O) groups is 2. The van der Waals surface area contributed by atoms with Crippen LogP contribution in [0.3, 0.4) is 0 Å². The minimum atomic E-state index is -1.09. The Kier molecular flexibility index (Phi) is 9.14. The minimum Gasteiger partial charge on any atom is -0.506 e. The summed E-state index contributed by atoms with van der Waals surface area (Å²) in [6.45, 7) is 0.0944. The fourth-order valence-corrected chi connectivity index (χ4v) is 5.03. The Balaban J connectivity index is 1.65. The van der Waals surface area contributed by atoms with Gasteiger partial charge in [-0.25, -0.2) is 9.59 Å². The number of carboxylic acid groups (broad SMARTS) is 1. The zero-order chi connectivity index (χ0) is 27.1. The number of phenols is 1. The monoisotopic (exact) mass is 647 g/mol. The number of amides is 1. The van der Waals surface area contributed by atoms with Crippen LogP contribution in [0.5, 0.6) is 23.0 Å². The van der Waals surface area contributed by atoms with E-state index >= 15 is 0 Å². The van der Waals surface area contributed by atoms with Crippen LogP contribution in [0.2, 0.25) is 0 Å². The molecule has 11 heteroatoms. The zero-order valence-corrected chi connectivity index (χ0v) is 23.0. The number of allylic oxidation sites excluding steroid dienone is 1. The van der Waals surface area contributed by atoms with E-state index in [0.717, 1.165) is 6.08 Å². The number of aliphatic carboxylic acids is 1. The number of anilines is 1. The Morgan fingerprint density at radius 1 is 1.05 bits per heavy atom. The molecule has 1 heterocycles. The van der Waals surface area contributed by atoms with Crippen molar-refractivity contribution in [3.63, 3.8) is 0 Å². The fourth-order valence-electron chi connectivity index (χ4n) is 3.77. The molecule has 2 atom stereocenters. The van der Waals surface area contributed by atoms with Crippen molar-refractivity contribution in [2.45, 2.75) is 25.0 Å². The number of halogens is 2. The minimum absolute atomic E-state index is 0.0944. The molecule has 0 saturated heterocycles. The van der Waals surface area contributed by atoms with E-state index < -0.39 is 24.3 Å². The third-order valence-electron chi connectivity index (χ3n) is 5.46. The molecule has 0 unspecified atom stereocenters. The predicted molar refractivity (Wildman–Crippen MR) is 146 cm³/mol. The number of benzene rings is 3. The highest BCUT2D eigenvalue weighted by Crippen LogP contribution is 2.40. The van der Waals surface area contributed by atoms with Gasteiger partial charge in [0.15, 0.2) is 17.6 Å². The second-order valence-electron chi connectivity index (χ2n) is 8.13. The summed E-state index contributed by atoms with van der Waals surface area (Å²) < 4.78 is 23.8. The van der Waals surface area contributed by atoms with Crippen LogP contribution in [-0.4, -0.2) is 35.2 Å². The van der Waals surface area contributed by atoms with Gasteiger partial charge in [-0.15, -0.1) is 0 Å². The fraction of sp³-hybridized carbons (Fsp3) is 0.185. The topological polar surface area (TPSA) is 124 Å². The summed E-state index contributed by atoms with van der Waals surface area (Å²) in [4.78, 5) is 24.0. The number of fused-ring (bicyclic) bond motifs is 1. The maximum absolute atomic E-state index is 13.1. The van der Waals surface area contributed by atoms with Gasteiger partial charge in [0.05, 0.1) is 4.47 Å². The molecule has 198 valence electrons. The van der Waals surface area contributed by atoms with Crippen molar-refractivity contribution in [3.8, 4) is 23.0 Å². The van der Waals surface area contributed by atoms with Crippen LogP contribution < -0.4 is 19.5 Å². The second kappa shape index (κ2) is 12.7. The molecule has 9 nitrogen and oxygen atoms in total. The van der Waals surface area contributed by atoms with E-state index in [9.17, 15) is 14.7 Å². The number of carboxylic acids is 1. The summed E-state index contributed by atoms with van der Waals surface area (Å²) in [5.41, 5.74) is 0.706. The smallest absolute Gasteiger partial charge is 0.412 e. The van der Waals surface area contributed by atoms with E-state index in [2.05, 4.69) is 37.2 Å². The van der Waals surface area contributed by atoms with Crippen LogP contribution in [-0.2, 0) is 9.53 Å². The molecule has 1 amide bonds. The summed E-state index contributed by atoms with van der Waals surface area (Å²) >= 11 is 6.75. The molecule has 0 aromatic heterocycles. The van der Waals surface area contributed by atoms with Crippen molar-refractivity contribution >= 4 is 49.6 Å². The molecule has 0 saturated carbocycles. The summed E-state index contributed by atoms with van der Waals surface area (Å²) in [5.74, 6) is 0.365. The van der Waals surface area contributed by atoms with Gasteiger partial charge >= 0.3 is 12.1 Å². The van der Waals surface area contributed by atoms with Gasteiger partial charge in [0.25, 0.3) is 0 Å². The van der Waals surface area contributed by atoms with E-state index in [1.165, 1.54) is 6.08 Å². The van der Waals surface area contributed by atoms with Crippen molar-refractivity contribution in [3.05, 3.63) is 87.3 Å². The highest BCUT2D eigenvalue weighted by Gasteiger charge is 2.32. The van der Waals surface area contributed by atoms with E-state index in [1.807, 2.05) is 6.07 Å². The summed E-state index contributed by atoms with van der Waals surface area (Å²) in [6, 6.07) is 17.1. The molecule has 0 bridgehead atoms.